The lowest BCUT2D eigenvalue weighted by Gasteiger charge is -2.65. The molecule has 1 unspecified atom stereocenters. The molecule has 29 heavy (non-hydrogen) atoms. The molecular weight excluding hydrogens is 362 g/mol. The van der Waals surface area contributed by atoms with Crippen LogP contribution in [0.4, 0.5) is 0 Å². The molecule has 4 heteroatoms. The molecule has 0 aromatic heterocycles. The summed E-state index contributed by atoms with van der Waals surface area (Å²) in [5, 5.41) is 12.2. The van der Waals surface area contributed by atoms with Gasteiger partial charge in [-0.2, -0.15) is 0 Å². The summed E-state index contributed by atoms with van der Waals surface area (Å²) in [5.41, 5.74) is 0.894. The Hall–Kier alpha value is -1.42. The average molecular weight is 400 g/mol. The monoisotopic (exact) mass is 399 g/mol. The fourth-order valence-electron chi connectivity index (χ4n) is 7.97. The molecule has 4 aliphatic carbocycles. The summed E-state index contributed by atoms with van der Waals surface area (Å²) in [5.74, 6) is 0.728. The first-order chi connectivity index (χ1) is 13.6. The zero-order valence-electron chi connectivity index (χ0n) is 18.6. The average Bonchev–Trinajstić information content (AvgIpc) is 2.99. The van der Waals surface area contributed by atoms with E-state index in [0.717, 1.165) is 37.7 Å². The number of nitrogens with zero attached hydrogens (tertiary/aromatic N) is 1. The Labute approximate surface area is 175 Å². The summed E-state index contributed by atoms with van der Waals surface area (Å²) in [6.45, 7) is 11.7. The summed E-state index contributed by atoms with van der Waals surface area (Å²) < 4.78 is 0. The Bertz CT molecular complexity index is 771. The van der Waals surface area contributed by atoms with Crippen LogP contribution in [-0.2, 0) is 9.59 Å². The Kier molecular flexibility index (Phi) is 4.88. The van der Waals surface area contributed by atoms with Crippen molar-refractivity contribution < 1.29 is 14.7 Å². The van der Waals surface area contributed by atoms with Crippen molar-refractivity contribution in [2.75, 3.05) is 0 Å². The standard InChI is InChI=1S/C25H37NO3/c1-16(26(17(2)27)18(3)28)20-11-12-21-22-10-9-19-8-6-7-13-24(19,5)25(22,29)15-14-23(20,21)4/h11,19,21-22,29H,1,6-10,12-15H2,2-5H3/t19?,21-,22-,23+,24-,25+/m0/s1. The Balaban J connectivity index is 1.65. The molecule has 0 heterocycles. The SMILES string of the molecule is C=C(C1=CC[C@H]2[C@@H]3CCC4CCCC[C@]4(C)[C@@]3(O)CC[C@]12C)N(C(C)=O)C(C)=O. The van der Waals surface area contributed by atoms with Gasteiger partial charge in [-0.1, -0.05) is 39.3 Å². The van der Waals surface area contributed by atoms with E-state index in [0.29, 0.717) is 17.5 Å². The second kappa shape index (κ2) is 6.80. The van der Waals surface area contributed by atoms with Crippen molar-refractivity contribution >= 4 is 11.8 Å². The number of carbonyl (C=O) groups is 2. The summed E-state index contributed by atoms with van der Waals surface area (Å²) in [6, 6.07) is 0. The minimum atomic E-state index is -0.591. The summed E-state index contributed by atoms with van der Waals surface area (Å²) >= 11 is 0. The molecule has 2 amide bonds. The van der Waals surface area contributed by atoms with Crippen LogP contribution in [0, 0.1) is 28.6 Å². The summed E-state index contributed by atoms with van der Waals surface area (Å²) in [6.07, 6.45) is 12.1. The first kappa shape index (κ1) is 20.8. The fraction of sp³-hybridized carbons (Fsp3) is 0.760. The van der Waals surface area contributed by atoms with Gasteiger partial charge in [0.15, 0.2) is 0 Å². The lowest BCUT2D eigenvalue weighted by atomic mass is 9.42. The largest absolute Gasteiger partial charge is 0.389 e. The molecule has 4 aliphatic rings. The lowest BCUT2D eigenvalue weighted by Crippen LogP contribution is -2.64. The van der Waals surface area contributed by atoms with Gasteiger partial charge in [-0.05, 0) is 79.1 Å². The van der Waals surface area contributed by atoms with E-state index >= 15 is 0 Å². The minimum absolute atomic E-state index is 0.0278. The number of hydrogen-bond acceptors (Lipinski definition) is 3. The topological polar surface area (TPSA) is 57.6 Å². The summed E-state index contributed by atoms with van der Waals surface area (Å²) in [4.78, 5) is 25.4. The molecule has 0 saturated heterocycles. The normalized spacial score (nSPS) is 43.5. The van der Waals surface area contributed by atoms with Crippen LogP contribution in [0.3, 0.4) is 0 Å². The van der Waals surface area contributed by atoms with Gasteiger partial charge in [-0.3, -0.25) is 14.5 Å². The van der Waals surface area contributed by atoms with Crippen molar-refractivity contribution in [3.05, 3.63) is 23.9 Å². The molecule has 4 nitrogen and oxygen atoms in total. The predicted molar refractivity (Wildman–Crippen MR) is 114 cm³/mol. The van der Waals surface area contributed by atoms with E-state index in [-0.39, 0.29) is 28.6 Å². The van der Waals surface area contributed by atoms with Gasteiger partial charge in [-0.15, -0.1) is 0 Å². The highest BCUT2D eigenvalue weighted by atomic mass is 16.3. The van der Waals surface area contributed by atoms with Crippen molar-refractivity contribution in [1.82, 2.24) is 4.90 Å². The second-order valence-corrected chi connectivity index (χ2v) is 10.7. The first-order valence-electron chi connectivity index (χ1n) is 11.5. The number of amides is 2. The highest BCUT2D eigenvalue weighted by molar-refractivity contribution is 5.95. The summed E-state index contributed by atoms with van der Waals surface area (Å²) in [7, 11) is 0. The third-order valence-corrected chi connectivity index (χ3v) is 9.56. The van der Waals surface area contributed by atoms with Gasteiger partial charge in [-0.25, -0.2) is 0 Å². The van der Waals surface area contributed by atoms with Crippen LogP contribution >= 0.6 is 0 Å². The highest BCUT2D eigenvalue weighted by Crippen LogP contribution is 2.68. The molecule has 0 bridgehead atoms. The molecule has 3 saturated carbocycles. The van der Waals surface area contributed by atoms with Gasteiger partial charge in [0.05, 0.1) is 5.60 Å². The van der Waals surface area contributed by atoms with Crippen molar-refractivity contribution in [1.29, 1.82) is 0 Å². The molecule has 1 N–H and O–H groups in total. The number of hydrogen-bond donors (Lipinski definition) is 1. The molecule has 0 aliphatic heterocycles. The van der Waals surface area contributed by atoms with Gasteiger partial charge >= 0.3 is 0 Å². The van der Waals surface area contributed by atoms with Crippen LogP contribution < -0.4 is 0 Å². The minimum Gasteiger partial charge on any atom is -0.389 e. The lowest BCUT2D eigenvalue weighted by molar-refractivity contribution is -0.229. The number of fused-ring (bicyclic) bond motifs is 5. The van der Waals surface area contributed by atoms with Crippen LogP contribution in [0.1, 0.15) is 85.5 Å². The molecule has 0 aromatic carbocycles. The van der Waals surface area contributed by atoms with Gasteiger partial charge in [0, 0.05) is 19.5 Å². The van der Waals surface area contributed by atoms with Gasteiger partial charge < -0.3 is 5.11 Å². The fourth-order valence-corrected chi connectivity index (χ4v) is 7.97. The van der Waals surface area contributed by atoms with E-state index in [1.165, 1.54) is 44.4 Å². The molecule has 0 radical (unpaired) electrons. The number of aliphatic hydroxyl groups is 1. The maximum atomic E-state index is 12.2. The third-order valence-electron chi connectivity index (χ3n) is 9.56. The van der Waals surface area contributed by atoms with Crippen molar-refractivity contribution in [2.45, 2.75) is 91.1 Å². The molecule has 0 spiro atoms. The predicted octanol–water partition coefficient (Wildman–Crippen LogP) is 4.98. The highest BCUT2D eigenvalue weighted by Gasteiger charge is 2.65. The van der Waals surface area contributed by atoms with Crippen LogP contribution in [0.15, 0.2) is 23.9 Å². The molecular formula is C25H37NO3. The van der Waals surface area contributed by atoms with E-state index < -0.39 is 5.60 Å². The van der Waals surface area contributed by atoms with E-state index in [4.69, 9.17) is 0 Å². The molecule has 4 rings (SSSR count). The Morgan fingerprint density at radius 3 is 2.38 bits per heavy atom. The number of rotatable bonds is 2. The van der Waals surface area contributed by atoms with Crippen LogP contribution in [0.25, 0.3) is 0 Å². The van der Waals surface area contributed by atoms with E-state index in [2.05, 4.69) is 26.5 Å². The maximum Gasteiger partial charge on any atom is 0.230 e. The molecule has 0 aromatic rings. The number of carbonyl (C=O) groups excluding carboxylic acids is 2. The van der Waals surface area contributed by atoms with Gasteiger partial charge in [0.1, 0.15) is 0 Å². The van der Waals surface area contributed by atoms with E-state index in [1.54, 1.807) is 0 Å². The Morgan fingerprint density at radius 1 is 1.03 bits per heavy atom. The third kappa shape index (κ3) is 2.74. The quantitative estimate of drug-likeness (QED) is 0.712. The van der Waals surface area contributed by atoms with Crippen LogP contribution in [-0.4, -0.2) is 27.4 Å². The smallest absolute Gasteiger partial charge is 0.230 e. The first-order valence-corrected chi connectivity index (χ1v) is 11.5. The van der Waals surface area contributed by atoms with Crippen molar-refractivity contribution in [2.24, 2.45) is 28.6 Å². The van der Waals surface area contributed by atoms with Gasteiger partial charge in [0.2, 0.25) is 11.8 Å². The molecule has 6 atom stereocenters. The van der Waals surface area contributed by atoms with Crippen molar-refractivity contribution in [3.8, 4) is 0 Å². The number of allylic oxidation sites excluding steroid dienone is 2. The molecule has 3 fully saturated rings. The molecule has 160 valence electrons. The van der Waals surface area contributed by atoms with E-state index in [1.807, 2.05) is 0 Å². The maximum absolute atomic E-state index is 12.2. The van der Waals surface area contributed by atoms with Crippen LogP contribution in [0.5, 0.6) is 0 Å². The zero-order valence-corrected chi connectivity index (χ0v) is 18.6. The second-order valence-electron chi connectivity index (χ2n) is 10.7. The number of imide groups is 1. The van der Waals surface area contributed by atoms with Crippen LogP contribution in [0.2, 0.25) is 0 Å². The van der Waals surface area contributed by atoms with E-state index in [9.17, 15) is 14.7 Å². The van der Waals surface area contributed by atoms with Gasteiger partial charge in [0.25, 0.3) is 0 Å². The van der Waals surface area contributed by atoms with Crippen molar-refractivity contribution in [3.63, 3.8) is 0 Å². The zero-order chi connectivity index (χ0) is 21.2. The Morgan fingerprint density at radius 2 is 1.72 bits per heavy atom.